The molecule has 2 unspecified atom stereocenters. The minimum Gasteiger partial charge on any atom is -0.457 e. The van der Waals surface area contributed by atoms with Gasteiger partial charge in [-0.15, -0.1) is 0 Å². The van der Waals surface area contributed by atoms with Gasteiger partial charge < -0.3 is 19.9 Å². The first-order chi connectivity index (χ1) is 20.3. The SMILES string of the molecule is C=C(C)CN(C)C(=O)C(Cc1ccccc1)N1CC2=C(C1=O)C(c1cccc(Oc3ccccc3)c1)NC(=O)N2CC. The van der Waals surface area contributed by atoms with Crippen LogP contribution in [0.4, 0.5) is 4.79 Å². The van der Waals surface area contributed by atoms with Gasteiger partial charge in [-0.05, 0) is 49.2 Å². The van der Waals surface area contributed by atoms with E-state index in [2.05, 4.69) is 11.9 Å². The van der Waals surface area contributed by atoms with Crippen LogP contribution in [-0.2, 0) is 16.0 Å². The Morgan fingerprint density at radius 1 is 1.02 bits per heavy atom. The quantitative estimate of drug-likeness (QED) is 0.339. The Balaban J connectivity index is 1.50. The van der Waals surface area contributed by atoms with Crippen LogP contribution in [0.1, 0.15) is 31.0 Å². The predicted octanol–water partition coefficient (Wildman–Crippen LogP) is 5.31. The van der Waals surface area contributed by atoms with E-state index >= 15 is 0 Å². The van der Waals surface area contributed by atoms with Gasteiger partial charge in [-0.1, -0.05) is 72.8 Å². The minimum absolute atomic E-state index is 0.163. The van der Waals surface area contributed by atoms with Gasteiger partial charge in [0.25, 0.3) is 5.91 Å². The number of hydrogen-bond acceptors (Lipinski definition) is 4. The molecule has 0 radical (unpaired) electrons. The number of likely N-dealkylation sites (N-methyl/N-ethyl adjacent to an activating group) is 2. The van der Waals surface area contributed by atoms with Gasteiger partial charge in [-0.3, -0.25) is 14.5 Å². The van der Waals surface area contributed by atoms with Crippen LogP contribution in [0.5, 0.6) is 11.5 Å². The number of carbonyl (C=O) groups excluding carboxylic acids is 3. The van der Waals surface area contributed by atoms with Crippen LogP contribution in [0.25, 0.3) is 0 Å². The number of nitrogens with zero attached hydrogens (tertiary/aromatic N) is 3. The molecule has 8 nitrogen and oxygen atoms in total. The number of ether oxygens (including phenoxy) is 1. The fourth-order valence-corrected chi connectivity index (χ4v) is 5.64. The van der Waals surface area contributed by atoms with Crippen LogP contribution >= 0.6 is 0 Å². The number of carbonyl (C=O) groups is 3. The van der Waals surface area contributed by atoms with Gasteiger partial charge in [-0.25, -0.2) is 4.79 Å². The highest BCUT2D eigenvalue weighted by molar-refractivity contribution is 6.03. The minimum atomic E-state index is -0.753. The van der Waals surface area contributed by atoms with Crippen LogP contribution < -0.4 is 10.1 Å². The Morgan fingerprint density at radius 3 is 2.36 bits per heavy atom. The number of para-hydroxylation sites is 1. The predicted molar refractivity (Wildman–Crippen MR) is 162 cm³/mol. The highest BCUT2D eigenvalue weighted by atomic mass is 16.5. The van der Waals surface area contributed by atoms with Gasteiger partial charge in [0.15, 0.2) is 0 Å². The molecule has 3 aromatic carbocycles. The second-order valence-corrected chi connectivity index (χ2v) is 10.8. The van der Waals surface area contributed by atoms with Gasteiger partial charge in [-0.2, -0.15) is 0 Å². The van der Waals surface area contributed by atoms with Crippen LogP contribution in [0, 0.1) is 0 Å². The highest BCUT2D eigenvalue weighted by Gasteiger charge is 2.47. The van der Waals surface area contributed by atoms with Gasteiger partial charge in [0.2, 0.25) is 5.91 Å². The van der Waals surface area contributed by atoms with Crippen molar-refractivity contribution in [1.82, 2.24) is 20.0 Å². The zero-order chi connectivity index (χ0) is 29.8. The van der Waals surface area contributed by atoms with E-state index in [9.17, 15) is 14.4 Å². The third kappa shape index (κ3) is 5.93. The Morgan fingerprint density at radius 2 is 1.69 bits per heavy atom. The lowest BCUT2D eigenvalue weighted by Gasteiger charge is -2.33. The van der Waals surface area contributed by atoms with Crippen molar-refractivity contribution in [3.05, 3.63) is 119 Å². The highest BCUT2D eigenvalue weighted by Crippen LogP contribution is 2.38. The second-order valence-electron chi connectivity index (χ2n) is 10.8. The molecule has 1 N–H and O–H groups in total. The molecule has 5 rings (SSSR count). The number of hydrogen-bond donors (Lipinski definition) is 1. The van der Waals surface area contributed by atoms with Crippen LogP contribution in [0.15, 0.2) is 108 Å². The molecule has 42 heavy (non-hydrogen) atoms. The first-order valence-corrected chi connectivity index (χ1v) is 14.1. The van der Waals surface area contributed by atoms with E-state index in [0.717, 1.165) is 16.7 Å². The molecule has 0 aromatic heterocycles. The molecular formula is C34H36N4O4. The third-order valence-electron chi connectivity index (χ3n) is 7.55. The lowest BCUT2D eigenvalue weighted by atomic mass is 9.95. The standard InChI is InChI=1S/C34H36N4O4/c1-5-37-29-22-38(28(19-24-13-8-6-9-14-24)32(39)36(4)21-23(2)3)33(40)30(29)31(35-34(37)41)25-15-12-18-27(20-25)42-26-16-10-7-11-17-26/h6-18,20,28,31H,2,5,19,21-22H2,1,3-4H3,(H,35,41). The number of nitrogens with one attached hydrogen (secondary N) is 1. The maximum absolute atomic E-state index is 14.3. The Kier molecular flexibility index (Phi) is 8.43. The Bertz CT molecular complexity index is 1520. The molecular weight excluding hydrogens is 528 g/mol. The second kappa shape index (κ2) is 12.3. The van der Waals surface area contributed by atoms with Crippen molar-refractivity contribution in [3.8, 4) is 11.5 Å². The van der Waals surface area contributed by atoms with E-state index in [1.54, 1.807) is 21.7 Å². The van der Waals surface area contributed by atoms with Crippen molar-refractivity contribution in [2.75, 3.05) is 26.7 Å². The van der Waals surface area contributed by atoms with E-state index in [-0.39, 0.29) is 24.4 Å². The van der Waals surface area contributed by atoms with Crippen molar-refractivity contribution in [3.63, 3.8) is 0 Å². The van der Waals surface area contributed by atoms with Gasteiger partial charge >= 0.3 is 6.03 Å². The zero-order valence-electron chi connectivity index (χ0n) is 24.2. The summed E-state index contributed by atoms with van der Waals surface area (Å²) in [4.78, 5) is 46.3. The summed E-state index contributed by atoms with van der Waals surface area (Å²) < 4.78 is 6.04. The van der Waals surface area contributed by atoms with E-state index in [1.807, 2.05) is 98.8 Å². The largest absolute Gasteiger partial charge is 0.457 e. The summed E-state index contributed by atoms with van der Waals surface area (Å²) in [6.45, 7) is 8.64. The molecule has 0 aliphatic carbocycles. The number of amides is 4. The third-order valence-corrected chi connectivity index (χ3v) is 7.55. The molecule has 0 spiro atoms. The average molecular weight is 565 g/mol. The summed E-state index contributed by atoms with van der Waals surface area (Å²) >= 11 is 0. The zero-order valence-corrected chi connectivity index (χ0v) is 24.2. The molecule has 2 aliphatic rings. The van der Waals surface area contributed by atoms with E-state index < -0.39 is 12.1 Å². The van der Waals surface area contributed by atoms with Crippen LogP contribution in [0.3, 0.4) is 0 Å². The van der Waals surface area contributed by atoms with Crippen LogP contribution in [0.2, 0.25) is 0 Å². The van der Waals surface area contributed by atoms with Crippen molar-refractivity contribution >= 4 is 17.8 Å². The molecule has 3 aromatic rings. The summed E-state index contributed by atoms with van der Waals surface area (Å²) in [5.41, 5.74) is 3.61. The van der Waals surface area contributed by atoms with Gasteiger partial charge in [0, 0.05) is 26.6 Å². The first kappa shape index (κ1) is 28.7. The van der Waals surface area contributed by atoms with Crippen molar-refractivity contribution in [2.45, 2.75) is 32.4 Å². The summed E-state index contributed by atoms with van der Waals surface area (Å²) in [7, 11) is 1.73. The summed E-state index contributed by atoms with van der Waals surface area (Å²) in [6, 6.07) is 24.8. The maximum Gasteiger partial charge on any atom is 0.322 e. The molecule has 0 saturated heterocycles. The molecule has 8 heteroatoms. The topological polar surface area (TPSA) is 82.2 Å². The van der Waals surface area contributed by atoms with Crippen molar-refractivity contribution in [1.29, 1.82) is 0 Å². The fraction of sp³-hybridized carbons (Fsp3) is 0.265. The lowest BCUT2D eigenvalue weighted by molar-refractivity contribution is -0.141. The molecule has 0 saturated carbocycles. The molecule has 0 bridgehead atoms. The molecule has 2 heterocycles. The average Bonchev–Trinajstić information content (AvgIpc) is 3.32. The van der Waals surface area contributed by atoms with Gasteiger partial charge in [0.1, 0.15) is 17.5 Å². The van der Waals surface area contributed by atoms with E-state index in [1.165, 1.54) is 0 Å². The monoisotopic (exact) mass is 564 g/mol. The Labute approximate surface area is 246 Å². The van der Waals surface area contributed by atoms with Crippen molar-refractivity contribution < 1.29 is 19.1 Å². The summed E-state index contributed by atoms with van der Waals surface area (Å²) in [5, 5.41) is 3.03. The van der Waals surface area contributed by atoms with E-state index in [0.29, 0.717) is 42.3 Å². The molecule has 4 amide bonds. The van der Waals surface area contributed by atoms with Crippen LogP contribution in [-0.4, -0.2) is 65.3 Å². The lowest BCUT2D eigenvalue weighted by Crippen LogP contribution is -2.50. The smallest absolute Gasteiger partial charge is 0.322 e. The van der Waals surface area contributed by atoms with Crippen molar-refractivity contribution in [2.24, 2.45) is 0 Å². The Hall–Kier alpha value is -4.85. The molecule has 216 valence electrons. The number of rotatable bonds is 10. The molecule has 2 atom stereocenters. The fourth-order valence-electron chi connectivity index (χ4n) is 5.64. The van der Waals surface area contributed by atoms with E-state index in [4.69, 9.17) is 4.74 Å². The first-order valence-electron chi connectivity index (χ1n) is 14.1. The normalized spacial score (nSPS) is 17.1. The molecule has 0 fully saturated rings. The number of benzene rings is 3. The number of urea groups is 1. The molecule has 2 aliphatic heterocycles. The summed E-state index contributed by atoms with van der Waals surface area (Å²) in [6.07, 6.45) is 0.352. The van der Waals surface area contributed by atoms with Gasteiger partial charge in [0.05, 0.1) is 23.9 Å². The maximum atomic E-state index is 14.3. The summed E-state index contributed by atoms with van der Waals surface area (Å²) in [5.74, 6) is 0.838.